The fraction of sp³-hybridized carbons (Fsp3) is 0.909. The van der Waals surface area contributed by atoms with Gasteiger partial charge in [0.2, 0.25) is 5.91 Å². The van der Waals surface area contributed by atoms with Crippen LogP contribution >= 0.6 is 0 Å². The topological polar surface area (TPSA) is 49.8 Å². The molecule has 0 saturated carbocycles. The summed E-state index contributed by atoms with van der Waals surface area (Å²) in [5, 5.41) is 10.3. The Morgan fingerprint density at radius 1 is 1.33 bits per heavy atom. The van der Waals surface area contributed by atoms with Gasteiger partial charge in [-0.1, -0.05) is 19.8 Å². The molecule has 0 spiro atoms. The van der Waals surface area contributed by atoms with Crippen LogP contribution < -0.4 is 0 Å². The zero-order chi connectivity index (χ0) is 11.8. The van der Waals surface area contributed by atoms with E-state index in [2.05, 4.69) is 0 Å². The Kier molecular flexibility index (Phi) is 7.34. The van der Waals surface area contributed by atoms with E-state index in [0.29, 0.717) is 0 Å². The molecule has 0 radical (unpaired) electrons. The second-order valence-electron chi connectivity index (χ2n) is 4.05. The Labute approximate surface area is 92.2 Å². The summed E-state index contributed by atoms with van der Waals surface area (Å²) in [7, 11) is 3.10. The third-order valence-electron chi connectivity index (χ3n) is 2.51. The lowest BCUT2D eigenvalue weighted by atomic mass is 10.0. The summed E-state index contributed by atoms with van der Waals surface area (Å²) in [6, 6.07) is 0. The zero-order valence-corrected chi connectivity index (χ0v) is 10.2. The van der Waals surface area contributed by atoms with Crippen molar-refractivity contribution in [1.82, 2.24) is 5.06 Å². The van der Waals surface area contributed by atoms with Gasteiger partial charge in [0.25, 0.3) is 0 Å². The highest BCUT2D eigenvalue weighted by molar-refractivity contribution is 5.77. The van der Waals surface area contributed by atoms with E-state index in [1.807, 2.05) is 6.92 Å². The smallest absolute Gasteiger partial charge is 0.248 e. The van der Waals surface area contributed by atoms with Crippen LogP contribution in [0.3, 0.4) is 0 Å². The number of rotatable bonds is 7. The van der Waals surface area contributed by atoms with Crippen LogP contribution in [0.5, 0.6) is 0 Å². The van der Waals surface area contributed by atoms with Crippen molar-refractivity contribution in [3.8, 4) is 0 Å². The first-order valence-electron chi connectivity index (χ1n) is 5.48. The van der Waals surface area contributed by atoms with E-state index in [1.165, 1.54) is 12.2 Å². The minimum absolute atomic E-state index is 0.00884. The molecule has 90 valence electrons. The predicted octanol–water partition coefficient (Wildman–Crippen LogP) is 1.58. The molecule has 15 heavy (non-hydrogen) atoms. The van der Waals surface area contributed by atoms with Crippen molar-refractivity contribution in [3.63, 3.8) is 0 Å². The van der Waals surface area contributed by atoms with Gasteiger partial charge in [-0.05, 0) is 19.8 Å². The van der Waals surface area contributed by atoms with Crippen LogP contribution in [0, 0.1) is 5.92 Å². The minimum atomic E-state index is -0.238. The predicted molar refractivity (Wildman–Crippen MR) is 59.1 cm³/mol. The monoisotopic (exact) mass is 217 g/mol. The molecule has 0 saturated heterocycles. The van der Waals surface area contributed by atoms with Gasteiger partial charge >= 0.3 is 0 Å². The number of hydrogen-bond acceptors (Lipinski definition) is 3. The number of hydrogen-bond donors (Lipinski definition) is 1. The van der Waals surface area contributed by atoms with E-state index >= 15 is 0 Å². The summed E-state index contributed by atoms with van der Waals surface area (Å²) in [6.07, 6.45) is 3.35. The number of nitrogens with zero attached hydrogens (tertiary/aromatic N) is 1. The first-order valence-corrected chi connectivity index (χ1v) is 5.48. The van der Waals surface area contributed by atoms with Crippen molar-refractivity contribution in [1.29, 1.82) is 0 Å². The molecule has 4 nitrogen and oxygen atoms in total. The largest absolute Gasteiger partial charge is 0.393 e. The molecule has 0 fully saturated rings. The third kappa shape index (κ3) is 6.47. The second kappa shape index (κ2) is 7.65. The van der Waals surface area contributed by atoms with E-state index < -0.39 is 0 Å². The van der Waals surface area contributed by atoms with Crippen LogP contribution in [0.25, 0.3) is 0 Å². The molecule has 0 aromatic heterocycles. The Balaban J connectivity index is 3.64. The maximum Gasteiger partial charge on any atom is 0.248 e. The molecule has 0 aliphatic carbocycles. The van der Waals surface area contributed by atoms with Crippen molar-refractivity contribution in [2.75, 3.05) is 14.2 Å². The molecule has 0 aliphatic rings. The SMILES string of the molecule is CON(C)C(=O)C(C)CCCCC(C)O. The van der Waals surface area contributed by atoms with Gasteiger partial charge in [0, 0.05) is 13.0 Å². The van der Waals surface area contributed by atoms with Gasteiger partial charge in [-0.15, -0.1) is 0 Å². The van der Waals surface area contributed by atoms with Crippen LogP contribution in [0.4, 0.5) is 0 Å². The van der Waals surface area contributed by atoms with Gasteiger partial charge < -0.3 is 5.11 Å². The molecular weight excluding hydrogens is 194 g/mol. The number of carbonyl (C=O) groups is 1. The average Bonchev–Trinajstić information content (AvgIpc) is 2.21. The van der Waals surface area contributed by atoms with Crippen LogP contribution in [-0.2, 0) is 9.63 Å². The Morgan fingerprint density at radius 3 is 2.33 bits per heavy atom. The van der Waals surface area contributed by atoms with E-state index in [1.54, 1.807) is 14.0 Å². The van der Waals surface area contributed by atoms with Crippen molar-refractivity contribution in [2.24, 2.45) is 5.92 Å². The number of unbranched alkanes of at least 4 members (excludes halogenated alkanes) is 1. The van der Waals surface area contributed by atoms with Gasteiger partial charge in [-0.25, -0.2) is 5.06 Å². The highest BCUT2D eigenvalue weighted by atomic mass is 16.7. The summed E-state index contributed by atoms with van der Waals surface area (Å²) in [5.74, 6) is -0.00139. The Hall–Kier alpha value is -0.610. The first-order chi connectivity index (χ1) is 6.99. The number of carbonyl (C=O) groups excluding carboxylic acids is 1. The molecule has 0 bridgehead atoms. The standard InChI is InChI=1S/C11H23NO3/c1-9(11(14)12(3)15-4)7-5-6-8-10(2)13/h9-10,13H,5-8H2,1-4H3. The van der Waals surface area contributed by atoms with Crippen LogP contribution in [0.1, 0.15) is 39.5 Å². The molecule has 4 heteroatoms. The summed E-state index contributed by atoms with van der Waals surface area (Å²) in [5.41, 5.74) is 0. The summed E-state index contributed by atoms with van der Waals surface area (Å²) < 4.78 is 0. The maximum absolute atomic E-state index is 11.6. The Bertz CT molecular complexity index is 183. The lowest BCUT2D eigenvalue weighted by Crippen LogP contribution is -2.30. The lowest BCUT2D eigenvalue weighted by Gasteiger charge is -2.18. The molecule has 0 rings (SSSR count). The van der Waals surface area contributed by atoms with Gasteiger partial charge in [-0.2, -0.15) is 0 Å². The molecule has 0 aromatic carbocycles. The second-order valence-corrected chi connectivity index (χ2v) is 4.05. The van der Waals surface area contributed by atoms with E-state index in [-0.39, 0.29) is 17.9 Å². The minimum Gasteiger partial charge on any atom is -0.393 e. The van der Waals surface area contributed by atoms with Crippen LogP contribution in [0.2, 0.25) is 0 Å². The van der Waals surface area contributed by atoms with Gasteiger partial charge in [0.15, 0.2) is 0 Å². The van der Waals surface area contributed by atoms with Gasteiger partial charge in [-0.3, -0.25) is 9.63 Å². The van der Waals surface area contributed by atoms with E-state index in [9.17, 15) is 4.79 Å². The van der Waals surface area contributed by atoms with Crippen molar-refractivity contribution >= 4 is 5.91 Å². The summed E-state index contributed by atoms with van der Waals surface area (Å²) in [6.45, 7) is 3.69. The highest BCUT2D eigenvalue weighted by Gasteiger charge is 2.16. The van der Waals surface area contributed by atoms with E-state index in [4.69, 9.17) is 9.94 Å². The Morgan fingerprint density at radius 2 is 1.87 bits per heavy atom. The normalized spacial score (nSPS) is 14.7. The number of hydroxylamine groups is 2. The van der Waals surface area contributed by atoms with Crippen LogP contribution in [0.15, 0.2) is 0 Å². The van der Waals surface area contributed by atoms with Crippen molar-refractivity contribution < 1.29 is 14.7 Å². The van der Waals surface area contributed by atoms with Crippen molar-refractivity contribution in [3.05, 3.63) is 0 Å². The summed E-state index contributed by atoms with van der Waals surface area (Å²) >= 11 is 0. The van der Waals surface area contributed by atoms with E-state index in [0.717, 1.165) is 25.7 Å². The first kappa shape index (κ1) is 14.4. The zero-order valence-electron chi connectivity index (χ0n) is 10.2. The van der Waals surface area contributed by atoms with Crippen molar-refractivity contribution in [2.45, 2.75) is 45.6 Å². The fourth-order valence-corrected chi connectivity index (χ4v) is 1.41. The number of aliphatic hydroxyl groups is 1. The summed E-state index contributed by atoms with van der Waals surface area (Å²) in [4.78, 5) is 16.4. The molecular formula is C11H23NO3. The highest BCUT2D eigenvalue weighted by Crippen LogP contribution is 2.12. The fourth-order valence-electron chi connectivity index (χ4n) is 1.41. The maximum atomic E-state index is 11.6. The quantitative estimate of drug-likeness (QED) is 0.520. The molecule has 0 heterocycles. The molecule has 1 N–H and O–H groups in total. The van der Waals surface area contributed by atoms with Crippen LogP contribution in [-0.4, -0.2) is 36.3 Å². The van der Waals surface area contributed by atoms with Gasteiger partial charge in [0.1, 0.15) is 0 Å². The van der Waals surface area contributed by atoms with Gasteiger partial charge in [0.05, 0.1) is 13.2 Å². The third-order valence-corrected chi connectivity index (χ3v) is 2.51. The molecule has 2 unspecified atom stereocenters. The number of aliphatic hydroxyl groups excluding tert-OH is 1. The average molecular weight is 217 g/mol. The lowest BCUT2D eigenvalue weighted by molar-refractivity contribution is -0.173. The molecule has 0 aliphatic heterocycles. The number of amides is 1. The molecule has 1 amide bonds. The molecule has 2 atom stereocenters. The molecule has 0 aromatic rings.